The van der Waals surface area contributed by atoms with E-state index in [0.29, 0.717) is 24.8 Å². The minimum atomic E-state index is -0.521. The fourth-order valence-corrected chi connectivity index (χ4v) is 6.47. The quantitative estimate of drug-likeness (QED) is 0.634. The molecule has 4 aliphatic rings. The Balaban J connectivity index is 1.32. The molecule has 1 saturated carbocycles. The lowest BCUT2D eigenvalue weighted by atomic mass is 9.93. The van der Waals surface area contributed by atoms with Gasteiger partial charge in [-0.3, -0.25) is 9.69 Å². The van der Waals surface area contributed by atoms with Crippen molar-refractivity contribution in [2.75, 3.05) is 42.9 Å². The summed E-state index contributed by atoms with van der Waals surface area (Å²) >= 11 is 0. The molecule has 0 radical (unpaired) electrons. The van der Waals surface area contributed by atoms with E-state index >= 15 is 0 Å². The van der Waals surface area contributed by atoms with Crippen molar-refractivity contribution in [3.05, 3.63) is 24.3 Å². The number of urea groups is 2. The summed E-state index contributed by atoms with van der Waals surface area (Å²) in [6, 6.07) is 7.28. The number of rotatable bonds is 4. The van der Waals surface area contributed by atoms with E-state index in [9.17, 15) is 14.4 Å². The van der Waals surface area contributed by atoms with Gasteiger partial charge in [-0.25, -0.2) is 14.5 Å². The molecule has 8 nitrogen and oxygen atoms in total. The number of carbonyl (C=O) groups is 3. The van der Waals surface area contributed by atoms with Crippen LogP contribution in [0.15, 0.2) is 24.3 Å². The number of nitrogens with zero attached hydrogens (tertiary/aromatic N) is 4. The van der Waals surface area contributed by atoms with Crippen molar-refractivity contribution in [1.82, 2.24) is 14.7 Å². The van der Waals surface area contributed by atoms with E-state index in [1.165, 1.54) is 44.9 Å². The maximum absolute atomic E-state index is 13.9. The molecule has 5 amide bonds. The molecule has 1 aliphatic carbocycles. The number of fused-ring (bicyclic) bond motifs is 1. The Kier molecular flexibility index (Phi) is 8.09. The van der Waals surface area contributed by atoms with Gasteiger partial charge in [0, 0.05) is 38.3 Å². The number of nitrogens with one attached hydrogen (secondary N) is 1. The number of anilines is 2. The second-order valence-electron chi connectivity index (χ2n) is 10.9. The van der Waals surface area contributed by atoms with Crippen LogP contribution in [0.2, 0.25) is 0 Å². The van der Waals surface area contributed by atoms with Crippen LogP contribution >= 0.6 is 0 Å². The van der Waals surface area contributed by atoms with E-state index in [-0.39, 0.29) is 24.5 Å². The van der Waals surface area contributed by atoms with Crippen molar-refractivity contribution in [2.24, 2.45) is 0 Å². The first-order valence-electron chi connectivity index (χ1n) is 14.1. The highest BCUT2D eigenvalue weighted by atomic mass is 16.2. The Labute approximate surface area is 215 Å². The Hall–Kier alpha value is -2.61. The first kappa shape index (κ1) is 25.1. The third-order valence-electron chi connectivity index (χ3n) is 8.54. The van der Waals surface area contributed by atoms with Gasteiger partial charge in [0.25, 0.3) is 0 Å². The van der Waals surface area contributed by atoms with Crippen molar-refractivity contribution in [3.8, 4) is 0 Å². The molecule has 3 fully saturated rings. The zero-order valence-corrected chi connectivity index (χ0v) is 21.5. The van der Waals surface area contributed by atoms with Crippen molar-refractivity contribution in [1.29, 1.82) is 0 Å². The van der Waals surface area contributed by atoms with E-state index in [1.54, 1.807) is 9.80 Å². The molecule has 2 saturated heterocycles. The molecule has 0 atom stereocenters. The number of carbonyl (C=O) groups excluding carboxylic acids is 3. The van der Waals surface area contributed by atoms with Crippen molar-refractivity contribution >= 4 is 29.3 Å². The van der Waals surface area contributed by atoms with E-state index in [1.807, 2.05) is 24.3 Å². The number of likely N-dealkylation sites (tertiary alicyclic amines) is 2. The number of imide groups is 1. The number of amides is 5. The van der Waals surface area contributed by atoms with Crippen LogP contribution in [-0.2, 0) is 4.79 Å². The van der Waals surface area contributed by atoms with E-state index < -0.39 is 6.03 Å². The van der Waals surface area contributed by atoms with Crippen molar-refractivity contribution in [2.45, 2.75) is 89.1 Å². The summed E-state index contributed by atoms with van der Waals surface area (Å²) in [5.74, 6) is -0.150. The molecule has 0 aromatic heterocycles. The number of hydrogen-bond donors (Lipinski definition) is 1. The largest absolute Gasteiger partial charge is 0.341 e. The lowest BCUT2D eigenvalue weighted by Gasteiger charge is -2.42. The fourth-order valence-electron chi connectivity index (χ4n) is 6.47. The van der Waals surface area contributed by atoms with Gasteiger partial charge in [0.05, 0.1) is 11.4 Å². The van der Waals surface area contributed by atoms with E-state index in [2.05, 4.69) is 10.2 Å². The first-order valence-corrected chi connectivity index (χ1v) is 14.1. The second-order valence-corrected chi connectivity index (χ2v) is 10.9. The summed E-state index contributed by atoms with van der Waals surface area (Å²) in [6.07, 6.45) is 14.1. The zero-order chi connectivity index (χ0) is 24.9. The van der Waals surface area contributed by atoms with Crippen LogP contribution in [0, 0.1) is 0 Å². The van der Waals surface area contributed by atoms with Crippen LogP contribution in [0.25, 0.3) is 0 Å². The molecular weight excluding hydrogens is 454 g/mol. The molecule has 5 rings (SSSR count). The van der Waals surface area contributed by atoms with Gasteiger partial charge in [-0.15, -0.1) is 0 Å². The highest BCUT2D eigenvalue weighted by molar-refractivity contribution is 6.13. The Bertz CT molecular complexity index is 931. The molecule has 3 aliphatic heterocycles. The highest BCUT2D eigenvalue weighted by Gasteiger charge is 2.40. The van der Waals surface area contributed by atoms with Gasteiger partial charge in [-0.2, -0.15) is 0 Å². The summed E-state index contributed by atoms with van der Waals surface area (Å²) < 4.78 is 0. The van der Waals surface area contributed by atoms with Gasteiger partial charge in [-0.05, 0) is 57.1 Å². The lowest BCUT2D eigenvalue weighted by molar-refractivity contribution is -0.132. The van der Waals surface area contributed by atoms with Crippen LogP contribution in [0.5, 0.6) is 0 Å². The molecule has 36 heavy (non-hydrogen) atoms. The highest BCUT2D eigenvalue weighted by Crippen LogP contribution is 2.35. The molecule has 1 N–H and O–H groups in total. The summed E-state index contributed by atoms with van der Waals surface area (Å²) in [6.45, 7) is 3.12. The Morgan fingerprint density at radius 2 is 1.42 bits per heavy atom. The minimum absolute atomic E-state index is 0.00347. The summed E-state index contributed by atoms with van der Waals surface area (Å²) in [7, 11) is 0. The van der Waals surface area contributed by atoms with Gasteiger partial charge in [-0.1, -0.05) is 44.2 Å². The van der Waals surface area contributed by atoms with Crippen molar-refractivity contribution in [3.63, 3.8) is 0 Å². The molecule has 8 heteroatoms. The number of para-hydroxylation sites is 2. The van der Waals surface area contributed by atoms with Crippen LogP contribution in [0.1, 0.15) is 77.0 Å². The van der Waals surface area contributed by atoms with Gasteiger partial charge in [0.15, 0.2) is 0 Å². The molecular formula is C28H41N5O3. The maximum Gasteiger partial charge on any atom is 0.333 e. The smallest absolute Gasteiger partial charge is 0.333 e. The Morgan fingerprint density at radius 1 is 0.778 bits per heavy atom. The predicted molar refractivity (Wildman–Crippen MR) is 141 cm³/mol. The van der Waals surface area contributed by atoms with E-state index in [4.69, 9.17) is 0 Å². The van der Waals surface area contributed by atoms with Crippen LogP contribution in [-0.4, -0.2) is 77.5 Å². The normalized spacial score (nSPS) is 23.5. The monoisotopic (exact) mass is 495 g/mol. The second kappa shape index (κ2) is 11.6. The molecule has 1 aromatic rings. The SMILES string of the molecule is O=C(CN1C(=O)Nc2ccccc2N(C2CCN(C3CCCCCCC3)CC2)C1=O)N1CCCCC1. The number of benzene rings is 1. The molecule has 0 spiro atoms. The summed E-state index contributed by atoms with van der Waals surface area (Å²) in [5.41, 5.74) is 1.36. The average molecular weight is 496 g/mol. The van der Waals surface area contributed by atoms with Gasteiger partial charge in [0.1, 0.15) is 6.54 Å². The zero-order valence-electron chi connectivity index (χ0n) is 21.5. The fraction of sp³-hybridized carbons (Fsp3) is 0.679. The molecule has 1 aromatic carbocycles. The molecule has 0 unspecified atom stereocenters. The predicted octanol–water partition coefficient (Wildman–Crippen LogP) is 5.05. The average Bonchev–Trinajstić information content (AvgIpc) is 2.98. The van der Waals surface area contributed by atoms with Crippen LogP contribution < -0.4 is 10.2 Å². The van der Waals surface area contributed by atoms with Gasteiger partial charge >= 0.3 is 12.1 Å². The van der Waals surface area contributed by atoms with Crippen molar-refractivity contribution < 1.29 is 14.4 Å². The first-order chi connectivity index (χ1) is 17.6. The lowest BCUT2D eigenvalue weighted by Crippen LogP contribution is -2.56. The van der Waals surface area contributed by atoms with Crippen LogP contribution in [0.3, 0.4) is 0 Å². The van der Waals surface area contributed by atoms with Gasteiger partial charge < -0.3 is 15.1 Å². The maximum atomic E-state index is 13.9. The molecule has 196 valence electrons. The third-order valence-corrected chi connectivity index (χ3v) is 8.54. The standard InChI is InChI=1S/C28H41N5O3/c34-26(31-17-9-4-10-18-31)21-32-27(35)29-24-13-7-8-14-25(24)33(28(32)36)23-15-19-30(20-16-23)22-11-5-2-1-3-6-12-22/h7-8,13-14,22-23H,1-6,9-12,15-21H2,(H,29,35). The number of piperidine rings is 2. The van der Waals surface area contributed by atoms with E-state index in [0.717, 1.165) is 55.8 Å². The Morgan fingerprint density at radius 3 is 2.14 bits per heavy atom. The van der Waals surface area contributed by atoms with Crippen LogP contribution in [0.4, 0.5) is 21.0 Å². The minimum Gasteiger partial charge on any atom is -0.341 e. The number of hydrogen-bond acceptors (Lipinski definition) is 4. The molecule has 0 bridgehead atoms. The summed E-state index contributed by atoms with van der Waals surface area (Å²) in [5, 5.41) is 2.90. The topological polar surface area (TPSA) is 76.2 Å². The van der Waals surface area contributed by atoms with Gasteiger partial charge in [0.2, 0.25) is 5.91 Å². The molecule has 3 heterocycles. The third kappa shape index (κ3) is 5.53. The summed E-state index contributed by atoms with van der Waals surface area (Å²) in [4.78, 5) is 47.4.